The number of hydrogen-bond donors (Lipinski definition) is 1. The number of sulfonamides is 1. The molecule has 0 bridgehead atoms. The van der Waals surface area contributed by atoms with Gasteiger partial charge < -0.3 is 14.6 Å². The molecule has 0 aliphatic carbocycles. The van der Waals surface area contributed by atoms with Crippen molar-refractivity contribution in [2.75, 3.05) is 20.8 Å². The third-order valence-electron chi connectivity index (χ3n) is 4.70. The molecule has 0 saturated carbocycles. The summed E-state index contributed by atoms with van der Waals surface area (Å²) in [5, 5.41) is 8.85. The van der Waals surface area contributed by atoms with Gasteiger partial charge in [0.2, 0.25) is 10.0 Å². The molecule has 1 atom stereocenters. The average molecular weight is 408 g/mol. The molecule has 2 aromatic rings. The molecule has 0 unspecified atom stereocenters. The average Bonchev–Trinajstić information content (AvgIpc) is 2.68. The van der Waals surface area contributed by atoms with E-state index in [1.165, 1.54) is 4.31 Å². The first kappa shape index (κ1) is 22.2. The Kier molecular flexibility index (Phi) is 7.86. The number of aliphatic hydroxyl groups is 1. The van der Waals surface area contributed by atoms with Gasteiger partial charge in [0.1, 0.15) is 16.7 Å². The summed E-state index contributed by atoms with van der Waals surface area (Å²) in [5.74, 6) is 1.22. The SMILES string of the molecule is COc1ccc(CN(Cc2ccc(OC)cc2)S(=O)(=O)[C@H](CO)C(C)C)cc1. The highest BCUT2D eigenvalue weighted by Crippen LogP contribution is 2.23. The summed E-state index contributed by atoms with van der Waals surface area (Å²) in [5.41, 5.74) is 1.69. The van der Waals surface area contributed by atoms with Crippen molar-refractivity contribution in [3.8, 4) is 11.5 Å². The highest BCUT2D eigenvalue weighted by Gasteiger charge is 2.34. The van der Waals surface area contributed by atoms with Crippen molar-refractivity contribution < 1.29 is 23.0 Å². The van der Waals surface area contributed by atoms with E-state index in [2.05, 4.69) is 0 Å². The van der Waals surface area contributed by atoms with Crippen LogP contribution in [0.3, 0.4) is 0 Å². The maximum atomic E-state index is 13.3. The Morgan fingerprint density at radius 1 is 0.857 bits per heavy atom. The van der Waals surface area contributed by atoms with Gasteiger partial charge in [-0.2, -0.15) is 4.31 Å². The van der Waals surface area contributed by atoms with Gasteiger partial charge >= 0.3 is 0 Å². The quantitative estimate of drug-likeness (QED) is 0.655. The number of rotatable bonds is 10. The van der Waals surface area contributed by atoms with Crippen LogP contribution in [-0.4, -0.2) is 43.9 Å². The summed E-state index contributed by atoms with van der Waals surface area (Å²) in [4.78, 5) is 0. The molecule has 154 valence electrons. The van der Waals surface area contributed by atoms with Crippen molar-refractivity contribution in [3.63, 3.8) is 0 Å². The molecular formula is C21H29NO5S. The zero-order valence-electron chi connectivity index (χ0n) is 16.8. The summed E-state index contributed by atoms with van der Waals surface area (Å²) in [6.45, 7) is 3.61. The van der Waals surface area contributed by atoms with E-state index in [9.17, 15) is 13.5 Å². The lowest BCUT2D eigenvalue weighted by atomic mass is 10.1. The second-order valence-corrected chi connectivity index (χ2v) is 9.13. The second-order valence-electron chi connectivity index (χ2n) is 6.97. The zero-order chi connectivity index (χ0) is 20.7. The van der Waals surface area contributed by atoms with Gasteiger partial charge in [-0.05, 0) is 41.3 Å². The molecule has 7 heteroatoms. The van der Waals surface area contributed by atoms with E-state index < -0.39 is 21.9 Å². The van der Waals surface area contributed by atoms with Crippen LogP contribution in [0.2, 0.25) is 0 Å². The highest BCUT2D eigenvalue weighted by molar-refractivity contribution is 7.89. The summed E-state index contributed by atoms with van der Waals surface area (Å²) in [6, 6.07) is 14.6. The van der Waals surface area contributed by atoms with Gasteiger partial charge in [0.25, 0.3) is 0 Å². The Balaban J connectivity index is 2.34. The minimum absolute atomic E-state index is 0.204. The first-order valence-corrected chi connectivity index (χ1v) is 10.7. The Morgan fingerprint density at radius 3 is 1.54 bits per heavy atom. The van der Waals surface area contributed by atoms with Crippen molar-refractivity contribution in [1.82, 2.24) is 4.31 Å². The summed E-state index contributed by atoms with van der Waals surface area (Å²) in [7, 11) is -0.545. The normalized spacial score (nSPS) is 13.0. The smallest absolute Gasteiger partial charge is 0.220 e. The van der Waals surface area contributed by atoms with Gasteiger partial charge in [-0.1, -0.05) is 38.1 Å². The van der Waals surface area contributed by atoms with Gasteiger partial charge in [-0.25, -0.2) is 8.42 Å². The molecule has 0 radical (unpaired) electrons. The van der Waals surface area contributed by atoms with Crippen molar-refractivity contribution >= 4 is 10.0 Å². The maximum absolute atomic E-state index is 13.3. The summed E-state index contributed by atoms with van der Waals surface area (Å²) in [6.07, 6.45) is 0. The lowest BCUT2D eigenvalue weighted by Gasteiger charge is -2.29. The van der Waals surface area contributed by atoms with E-state index in [0.29, 0.717) is 11.5 Å². The number of hydrogen-bond acceptors (Lipinski definition) is 5. The number of aliphatic hydroxyl groups excluding tert-OH is 1. The van der Waals surface area contributed by atoms with E-state index in [4.69, 9.17) is 9.47 Å². The van der Waals surface area contributed by atoms with E-state index in [-0.39, 0.29) is 19.0 Å². The third kappa shape index (κ3) is 5.47. The molecule has 0 heterocycles. The predicted molar refractivity (Wildman–Crippen MR) is 110 cm³/mol. The molecule has 0 aliphatic heterocycles. The monoisotopic (exact) mass is 407 g/mol. The number of methoxy groups -OCH3 is 2. The van der Waals surface area contributed by atoms with Gasteiger partial charge in [0.15, 0.2) is 0 Å². The molecular weight excluding hydrogens is 378 g/mol. The van der Waals surface area contributed by atoms with Gasteiger partial charge in [-0.3, -0.25) is 0 Å². The standard InChI is InChI=1S/C21H29NO5S/c1-16(2)21(15-23)28(24,25)22(13-17-5-9-19(26-3)10-6-17)14-18-7-11-20(27-4)12-8-18/h5-12,16,21,23H,13-15H2,1-4H3/t21-/m1/s1. The van der Waals surface area contributed by atoms with E-state index in [1.807, 2.05) is 24.3 Å². The fourth-order valence-electron chi connectivity index (χ4n) is 2.95. The molecule has 0 fully saturated rings. The Hall–Kier alpha value is -2.09. The zero-order valence-corrected chi connectivity index (χ0v) is 17.6. The predicted octanol–water partition coefficient (Wildman–Crippen LogP) is 3.05. The Labute approximate surface area is 167 Å². The Bertz CT molecular complexity index is 783. The molecule has 6 nitrogen and oxygen atoms in total. The van der Waals surface area contributed by atoms with Gasteiger partial charge in [0, 0.05) is 13.1 Å². The van der Waals surface area contributed by atoms with Crippen LogP contribution in [0.5, 0.6) is 11.5 Å². The molecule has 28 heavy (non-hydrogen) atoms. The lowest BCUT2D eigenvalue weighted by molar-refractivity contribution is 0.260. The lowest BCUT2D eigenvalue weighted by Crippen LogP contribution is -2.42. The fraction of sp³-hybridized carbons (Fsp3) is 0.429. The molecule has 2 aromatic carbocycles. The van der Waals surface area contributed by atoms with E-state index in [1.54, 1.807) is 52.3 Å². The topological polar surface area (TPSA) is 76.1 Å². The van der Waals surface area contributed by atoms with E-state index in [0.717, 1.165) is 11.1 Å². The molecule has 0 spiro atoms. The van der Waals surface area contributed by atoms with Crippen LogP contribution in [0.15, 0.2) is 48.5 Å². The number of benzene rings is 2. The van der Waals surface area contributed by atoms with Crippen LogP contribution >= 0.6 is 0 Å². The van der Waals surface area contributed by atoms with Crippen LogP contribution < -0.4 is 9.47 Å². The minimum Gasteiger partial charge on any atom is -0.497 e. The van der Waals surface area contributed by atoms with Crippen molar-refractivity contribution in [1.29, 1.82) is 0 Å². The van der Waals surface area contributed by atoms with Gasteiger partial charge in [-0.15, -0.1) is 0 Å². The third-order valence-corrected chi connectivity index (χ3v) is 7.14. The largest absolute Gasteiger partial charge is 0.497 e. The number of nitrogens with zero attached hydrogens (tertiary/aromatic N) is 1. The molecule has 0 aliphatic rings. The summed E-state index contributed by atoms with van der Waals surface area (Å²) >= 11 is 0. The van der Waals surface area contributed by atoms with E-state index >= 15 is 0 Å². The number of ether oxygens (including phenoxy) is 2. The first-order valence-electron chi connectivity index (χ1n) is 9.17. The molecule has 0 aromatic heterocycles. The van der Waals surface area contributed by atoms with Crippen molar-refractivity contribution in [2.45, 2.75) is 32.2 Å². The van der Waals surface area contributed by atoms with Crippen LogP contribution in [0.4, 0.5) is 0 Å². The van der Waals surface area contributed by atoms with Crippen LogP contribution in [0, 0.1) is 5.92 Å². The van der Waals surface area contributed by atoms with Crippen LogP contribution in [0.1, 0.15) is 25.0 Å². The highest BCUT2D eigenvalue weighted by atomic mass is 32.2. The van der Waals surface area contributed by atoms with Crippen molar-refractivity contribution in [3.05, 3.63) is 59.7 Å². The van der Waals surface area contributed by atoms with Crippen LogP contribution in [0.25, 0.3) is 0 Å². The molecule has 2 rings (SSSR count). The molecule has 0 amide bonds. The maximum Gasteiger partial charge on any atom is 0.220 e. The second kappa shape index (κ2) is 9.91. The van der Waals surface area contributed by atoms with Crippen molar-refractivity contribution in [2.24, 2.45) is 5.92 Å². The minimum atomic E-state index is -3.72. The Morgan fingerprint density at radius 2 is 1.25 bits per heavy atom. The fourth-order valence-corrected chi connectivity index (χ4v) is 4.86. The van der Waals surface area contributed by atoms with Crippen LogP contribution in [-0.2, 0) is 23.1 Å². The first-order chi connectivity index (χ1) is 13.3. The van der Waals surface area contributed by atoms with Gasteiger partial charge in [0.05, 0.1) is 20.8 Å². The molecule has 1 N–H and O–H groups in total. The summed E-state index contributed by atoms with van der Waals surface area (Å²) < 4.78 is 38.3. The molecule has 0 saturated heterocycles.